The molecule has 3 rings (SSSR count). The van der Waals surface area contributed by atoms with Crippen LogP contribution in [0.15, 0.2) is 17.1 Å². The molecule has 0 radical (unpaired) electrons. The minimum absolute atomic E-state index is 0.156. The molecule has 1 heterocycles. The molecule has 0 spiro atoms. The first-order valence-electron chi connectivity index (χ1n) is 7.68. The second-order valence-corrected chi connectivity index (χ2v) is 5.98. The first-order chi connectivity index (χ1) is 11.8. The van der Waals surface area contributed by atoms with Crippen molar-refractivity contribution in [3.63, 3.8) is 0 Å². The van der Waals surface area contributed by atoms with Gasteiger partial charge in [0.25, 0.3) is 0 Å². The number of aromatic carboxylic acids is 1. The summed E-state index contributed by atoms with van der Waals surface area (Å²) in [7, 11) is 0. The number of hydrogen-bond donors (Lipinski definition) is 4. The molecule has 2 aromatic rings. The van der Waals surface area contributed by atoms with Gasteiger partial charge in [0.05, 0.1) is 23.6 Å². The van der Waals surface area contributed by atoms with Gasteiger partial charge in [-0.1, -0.05) is 0 Å². The summed E-state index contributed by atoms with van der Waals surface area (Å²) in [6.45, 7) is -0.880. The number of nitrogens with one attached hydrogen (secondary N) is 1. The molecule has 1 aromatic carbocycles. The molecule has 1 aliphatic carbocycles. The minimum Gasteiger partial charge on any atom is -0.477 e. The Balaban J connectivity index is 2.23. The maximum Gasteiger partial charge on any atom is 0.341 e. The van der Waals surface area contributed by atoms with Gasteiger partial charge in [0, 0.05) is 18.8 Å². The van der Waals surface area contributed by atoms with Gasteiger partial charge in [0.2, 0.25) is 5.43 Å². The zero-order chi connectivity index (χ0) is 18.3. The van der Waals surface area contributed by atoms with Crippen molar-refractivity contribution in [1.82, 2.24) is 4.57 Å². The number of carboxylic acids is 1. The van der Waals surface area contributed by atoms with Crippen molar-refractivity contribution in [3.8, 4) is 0 Å². The molecular formula is C16H16F2N2O5. The number of aromatic nitrogens is 1. The number of fused-ring (bicyclic) bond motifs is 1. The van der Waals surface area contributed by atoms with E-state index in [-0.39, 0.29) is 23.5 Å². The van der Waals surface area contributed by atoms with E-state index in [9.17, 15) is 23.5 Å². The summed E-state index contributed by atoms with van der Waals surface area (Å²) in [6.07, 6.45) is 1.26. The lowest BCUT2D eigenvalue weighted by Crippen LogP contribution is -2.25. The van der Waals surface area contributed by atoms with E-state index in [1.807, 2.05) is 0 Å². The predicted molar refractivity (Wildman–Crippen MR) is 84.9 cm³/mol. The van der Waals surface area contributed by atoms with Crippen molar-refractivity contribution in [2.45, 2.75) is 25.0 Å². The van der Waals surface area contributed by atoms with Gasteiger partial charge in [-0.3, -0.25) is 4.79 Å². The Bertz CT molecular complexity index is 908. The van der Waals surface area contributed by atoms with E-state index >= 15 is 0 Å². The third-order valence-electron chi connectivity index (χ3n) is 4.10. The first-order valence-corrected chi connectivity index (χ1v) is 7.68. The Morgan fingerprint density at radius 1 is 1.40 bits per heavy atom. The van der Waals surface area contributed by atoms with Crippen LogP contribution < -0.4 is 10.7 Å². The summed E-state index contributed by atoms with van der Waals surface area (Å²) in [5.74, 6) is -3.59. The molecule has 0 aliphatic heterocycles. The molecule has 0 bridgehead atoms. The molecule has 7 nitrogen and oxygen atoms in total. The molecular weight excluding hydrogens is 338 g/mol. The number of aliphatic hydroxyl groups excluding tert-OH is 2. The zero-order valence-corrected chi connectivity index (χ0v) is 13.0. The zero-order valence-electron chi connectivity index (χ0n) is 13.0. The van der Waals surface area contributed by atoms with Crippen LogP contribution >= 0.6 is 0 Å². The SMILES string of the molecule is O=C(O)c1cn(C2CC2)c2c(F)c(NCC(O)CO)c(F)cc2c1=O. The molecule has 1 aliphatic rings. The Morgan fingerprint density at radius 3 is 2.64 bits per heavy atom. The number of nitrogens with zero attached hydrogens (tertiary/aromatic N) is 1. The lowest BCUT2D eigenvalue weighted by Gasteiger charge is -2.17. The van der Waals surface area contributed by atoms with Gasteiger partial charge in [-0.25, -0.2) is 13.6 Å². The van der Waals surface area contributed by atoms with Gasteiger partial charge in [0.15, 0.2) is 5.82 Å². The average Bonchev–Trinajstić information content (AvgIpc) is 3.39. The van der Waals surface area contributed by atoms with Crippen LogP contribution in [0.4, 0.5) is 14.5 Å². The second-order valence-electron chi connectivity index (χ2n) is 5.98. The van der Waals surface area contributed by atoms with E-state index in [2.05, 4.69) is 5.32 Å². The van der Waals surface area contributed by atoms with Crippen LogP contribution in [-0.4, -0.2) is 45.1 Å². The highest BCUT2D eigenvalue weighted by Gasteiger charge is 2.29. The number of aliphatic hydroxyl groups is 2. The number of rotatable bonds is 6. The highest BCUT2D eigenvalue weighted by molar-refractivity contribution is 5.93. The lowest BCUT2D eigenvalue weighted by atomic mass is 10.1. The topological polar surface area (TPSA) is 112 Å². The predicted octanol–water partition coefficient (Wildman–Crippen LogP) is 1.08. The normalized spacial score (nSPS) is 15.4. The van der Waals surface area contributed by atoms with Crippen LogP contribution in [0.1, 0.15) is 29.2 Å². The van der Waals surface area contributed by atoms with Crippen molar-refractivity contribution >= 4 is 22.6 Å². The Labute approximate surface area is 140 Å². The van der Waals surface area contributed by atoms with E-state index in [4.69, 9.17) is 10.2 Å². The third-order valence-corrected chi connectivity index (χ3v) is 4.10. The van der Waals surface area contributed by atoms with E-state index in [0.717, 1.165) is 12.3 Å². The smallest absolute Gasteiger partial charge is 0.341 e. The van der Waals surface area contributed by atoms with Crippen molar-refractivity contribution in [3.05, 3.63) is 39.7 Å². The largest absolute Gasteiger partial charge is 0.477 e. The number of carbonyl (C=O) groups is 1. The van der Waals surface area contributed by atoms with Crippen LogP contribution in [-0.2, 0) is 0 Å². The molecule has 9 heteroatoms. The summed E-state index contributed by atoms with van der Waals surface area (Å²) in [5.41, 5.74) is -2.23. The molecule has 1 unspecified atom stereocenters. The van der Waals surface area contributed by atoms with Crippen LogP contribution in [0.3, 0.4) is 0 Å². The Hall–Kier alpha value is -2.52. The van der Waals surface area contributed by atoms with Crippen molar-refractivity contribution in [2.75, 3.05) is 18.5 Å². The van der Waals surface area contributed by atoms with Gasteiger partial charge in [-0.05, 0) is 18.9 Å². The summed E-state index contributed by atoms with van der Waals surface area (Å²) in [5, 5.41) is 29.3. The maximum absolute atomic E-state index is 14.9. The number of halogens is 2. The summed E-state index contributed by atoms with van der Waals surface area (Å²) in [6, 6.07) is 0.636. The summed E-state index contributed by atoms with van der Waals surface area (Å²) >= 11 is 0. The van der Waals surface area contributed by atoms with Crippen LogP contribution in [0.2, 0.25) is 0 Å². The van der Waals surface area contributed by atoms with Gasteiger partial charge in [-0.15, -0.1) is 0 Å². The maximum atomic E-state index is 14.9. The van der Waals surface area contributed by atoms with E-state index in [1.165, 1.54) is 4.57 Å². The lowest BCUT2D eigenvalue weighted by molar-refractivity contribution is 0.0694. The number of carboxylic acid groups (broad SMARTS) is 1. The van der Waals surface area contributed by atoms with Crippen LogP contribution in [0, 0.1) is 11.6 Å². The van der Waals surface area contributed by atoms with Crippen molar-refractivity contribution in [1.29, 1.82) is 0 Å². The van der Waals surface area contributed by atoms with Crippen molar-refractivity contribution in [2.24, 2.45) is 0 Å². The van der Waals surface area contributed by atoms with Crippen LogP contribution in [0.5, 0.6) is 0 Å². The van der Waals surface area contributed by atoms with Crippen molar-refractivity contribution < 1.29 is 28.9 Å². The number of hydrogen-bond acceptors (Lipinski definition) is 5. The molecule has 1 saturated carbocycles. The number of pyridine rings is 1. The number of anilines is 1. The number of benzene rings is 1. The molecule has 1 aromatic heterocycles. The van der Waals surface area contributed by atoms with Crippen LogP contribution in [0.25, 0.3) is 10.9 Å². The van der Waals surface area contributed by atoms with E-state index in [0.29, 0.717) is 12.8 Å². The summed E-state index contributed by atoms with van der Waals surface area (Å²) < 4.78 is 30.5. The molecule has 134 valence electrons. The Morgan fingerprint density at radius 2 is 2.08 bits per heavy atom. The molecule has 1 fully saturated rings. The first kappa shape index (κ1) is 17.3. The molecule has 25 heavy (non-hydrogen) atoms. The van der Waals surface area contributed by atoms with Gasteiger partial charge in [0.1, 0.15) is 17.1 Å². The fourth-order valence-corrected chi connectivity index (χ4v) is 2.68. The monoisotopic (exact) mass is 354 g/mol. The molecule has 1 atom stereocenters. The molecule has 0 saturated heterocycles. The second kappa shape index (κ2) is 6.41. The highest BCUT2D eigenvalue weighted by atomic mass is 19.1. The van der Waals surface area contributed by atoms with Gasteiger partial charge in [-0.2, -0.15) is 0 Å². The quantitative estimate of drug-likeness (QED) is 0.618. The highest BCUT2D eigenvalue weighted by Crippen LogP contribution is 2.39. The molecule has 4 N–H and O–H groups in total. The fourth-order valence-electron chi connectivity index (χ4n) is 2.68. The Kier molecular flexibility index (Phi) is 4.44. The average molecular weight is 354 g/mol. The summed E-state index contributed by atoms with van der Waals surface area (Å²) in [4.78, 5) is 23.5. The third kappa shape index (κ3) is 3.08. The standard InChI is InChI=1S/C16H16F2N2O5/c17-11-3-9-14(12(18)13(11)19-4-8(22)6-21)20(7-1-2-7)5-10(15(9)23)16(24)25/h3,5,7-8,19,21-22H,1-2,4,6H2,(H,24,25). The van der Waals surface area contributed by atoms with E-state index in [1.54, 1.807) is 0 Å². The molecule has 0 amide bonds. The minimum atomic E-state index is -1.46. The van der Waals surface area contributed by atoms with E-state index < -0.39 is 47.0 Å². The fraction of sp³-hybridized carbons (Fsp3) is 0.375. The van der Waals surface area contributed by atoms with Gasteiger partial charge < -0.3 is 25.2 Å². The van der Waals surface area contributed by atoms with Gasteiger partial charge >= 0.3 is 5.97 Å².